The summed E-state index contributed by atoms with van der Waals surface area (Å²) in [5.74, 6) is 0.794. The minimum absolute atomic E-state index is 0.0518. The maximum absolute atomic E-state index is 12.4. The molecule has 0 unspecified atom stereocenters. The number of benzene rings is 2. The van der Waals surface area contributed by atoms with Crippen molar-refractivity contribution >= 4 is 45.1 Å². The van der Waals surface area contributed by atoms with Gasteiger partial charge < -0.3 is 9.47 Å². The smallest absolute Gasteiger partial charge is 0.269 e. The molecule has 0 aromatic heterocycles. The zero-order valence-corrected chi connectivity index (χ0v) is 19.4. The Balaban J connectivity index is 1.85. The molecule has 3 N–H and O–H groups in total. The van der Waals surface area contributed by atoms with Gasteiger partial charge in [0.1, 0.15) is 11.5 Å². The average molecular weight is 494 g/mol. The quantitative estimate of drug-likeness (QED) is 0.401. The van der Waals surface area contributed by atoms with E-state index in [1.807, 2.05) is 0 Å². The molecule has 2 rings (SSSR count). The summed E-state index contributed by atoms with van der Waals surface area (Å²) in [6.45, 7) is 4.89. The lowest BCUT2D eigenvalue weighted by Crippen LogP contribution is -2.48. The first kappa shape index (κ1) is 23.6. The average Bonchev–Trinajstić information content (AvgIpc) is 2.72. The first-order chi connectivity index (χ1) is 14.3. The van der Waals surface area contributed by atoms with Crippen molar-refractivity contribution < 1.29 is 19.1 Å². The van der Waals surface area contributed by atoms with Crippen molar-refractivity contribution in [2.45, 2.75) is 20.3 Å². The van der Waals surface area contributed by atoms with Crippen LogP contribution in [0.3, 0.4) is 0 Å². The van der Waals surface area contributed by atoms with Crippen LogP contribution in [0.1, 0.15) is 41.0 Å². The lowest BCUT2D eigenvalue weighted by Gasteiger charge is -2.13. The Morgan fingerprint density at radius 2 is 1.77 bits per heavy atom. The van der Waals surface area contributed by atoms with E-state index in [2.05, 4.69) is 45.9 Å². The van der Waals surface area contributed by atoms with Crippen LogP contribution in [-0.2, 0) is 0 Å². The van der Waals surface area contributed by atoms with Crippen molar-refractivity contribution in [2.75, 3.05) is 13.7 Å². The van der Waals surface area contributed by atoms with Crippen LogP contribution >= 0.6 is 28.1 Å². The lowest BCUT2D eigenvalue weighted by molar-refractivity contribution is 0.0934. The van der Waals surface area contributed by atoms with Gasteiger partial charge in [-0.3, -0.25) is 25.8 Å². The van der Waals surface area contributed by atoms with Gasteiger partial charge in [0.2, 0.25) is 0 Å². The second-order valence-corrected chi connectivity index (χ2v) is 8.09. The van der Waals surface area contributed by atoms with Crippen LogP contribution in [0.15, 0.2) is 46.9 Å². The summed E-state index contributed by atoms with van der Waals surface area (Å²) in [6, 6.07) is 11.8. The third kappa shape index (κ3) is 7.31. The highest BCUT2D eigenvalue weighted by molar-refractivity contribution is 9.10. The highest BCUT2D eigenvalue weighted by atomic mass is 79.9. The predicted molar refractivity (Wildman–Crippen MR) is 123 cm³/mol. The van der Waals surface area contributed by atoms with E-state index in [0.29, 0.717) is 35.2 Å². The van der Waals surface area contributed by atoms with Gasteiger partial charge in [0.05, 0.1) is 19.3 Å². The van der Waals surface area contributed by atoms with Crippen LogP contribution < -0.4 is 25.6 Å². The minimum atomic E-state index is -0.470. The minimum Gasteiger partial charge on any atom is -0.496 e. The molecular weight excluding hydrogens is 470 g/mol. The molecule has 9 heteroatoms. The Labute approximate surface area is 189 Å². The summed E-state index contributed by atoms with van der Waals surface area (Å²) < 4.78 is 11.5. The molecule has 7 nitrogen and oxygen atoms in total. The van der Waals surface area contributed by atoms with Crippen molar-refractivity contribution in [3.05, 3.63) is 58.1 Å². The van der Waals surface area contributed by atoms with E-state index in [1.54, 1.807) is 42.5 Å². The summed E-state index contributed by atoms with van der Waals surface area (Å²) in [5.41, 5.74) is 5.68. The molecule has 0 radical (unpaired) electrons. The number of thiocarbonyl (C=S) groups is 1. The number of nitrogens with one attached hydrogen (secondary N) is 3. The van der Waals surface area contributed by atoms with E-state index in [0.717, 1.165) is 10.9 Å². The molecule has 2 amide bonds. The molecule has 0 aliphatic heterocycles. The van der Waals surface area contributed by atoms with Gasteiger partial charge in [-0.15, -0.1) is 0 Å². The highest BCUT2D eigenvalue weighted by Crippen LogP contribution is 2.22. The molecule has 2 aromatic carbocycles. The van der Waals surface area contributed by atoms with Gasteiger partial charge >= 0.3 is 0 Å². The van der Waals surface area contributed by atoms with Crippen LogP contribution in [-0.4, -0.2) is 30.6 Å². The first-order valence-corrected chi connectivity index (χ1v) is 10.5. The third-order valence-corrected chi connectivity index (χ3v) is 4.70. The Morgan fingerprint density at radius 3 is 2.40 bits per heavy atom. The fourth-order valence-corrected chi connectivity index (χ4v) is 2.86. The number of methoxy groups -OCH3 is 1. The molecule has 0 spiro atoms. The van der Waals surface area contributed by atoms with E-state index in [4.69, 9.17) is 21.7 Å². The highest BCUT2D eigenvalue weighted by Gasteiger charge is 2.15. The Bertz CT molecular complexity index is 904. The largest absolute Gasteiger partial charge is 0.496 e. The molecule has 0 fully saturated rings. The van der Waals surface area contributed by atoms with E-state index in [-0.39, 0.29) is 5.11 Å². The first-order valence-electron chi connectivity index (χ1n) is 9.28. The molecule has 30 heavy (non-hydrogen) atoms. The van der Waals surface area contributed by atoms with Gasteiger partial charge in [-0.2, -0.15) is 0 Å². The SMILES string of the molecule is COc1ccc(Br)cc1C(=O)NC(=S)NNC(=O)c1ccc(OCCC(C)C)cc1. The number of carbonyl (C=O) groups excluding carboxylic acids is 2. The third-order valence-electron chi connectivity index (χ3n) is 4.00. The number of ether oxygens (including phenoxy) is 2. The van der Waals surface area contributed by atoms with Gasteiger partial charge in [0.15, 0.2) is 5.11 Å². The lowest BCUT2D eigenvalue weighted by atomic mass is 10.1. The van der Waals surface area contributed by atoms with Crippen molar-refractivity contribution in [3.63, 3.8) is 0 Å². The standard InChI is InChI=1S/C21H24BrN3O4S/c1-13(2)10-11-29-16-7-4-14(5-8-16)19(26)24-25-21(30)23-20(27)17-12-15(22)6-9-18(17)28-3/h4-9,12-13H,10-11H2,1-3H3,(H,24,26)(H2,23,25,27,30). The molecule has 0 aliphatic rings. The normalized spacial score (nSPS) is 10.3. The summed E-state index contributed by atoms with van der Waals surface area (Å²) in [4.78, 5) is 24.7. The second-order valence-electron chi connectivity index (χ2n) is 6.76. The topological polar surface area (TPSA) is 88.7 Å². The summed E-state index contributed by atoms with van der Waals surface area (Å²) >= 11 is 8.38. The van der Waals surface area contributed by atoms with Crippen LogP contribution in [0.25, 0.3) is 0 Å². The van der Waals surface area contributed by atoms with Crippen molar-refractivity contribution in [1.29, 1.82) is 0 Å². The number of hydrazine groups is 1. The molecule has 0 saturated carbocycles. The number of hydrogen-bond acceptors (Lipinski definition) is 5. The molecule has 0 atom stereocenters. The van der Waals surface area contributed by atoms with Gasteiger partial charge in [-0.25, -0.2) is 0 Å². The Hall–Kier alpha value is -2.65. The number of rotatable bonds is 7. The van der Waals surface area contributed by atoms with Crippen LogP contribution in [0.4, 0.5) is 0 Å². The molecule has 0 bridgehead atoms. The van der Waals surface area contributed by atoms with E-state index >= 15 is 0 Å². The van der Waals surface area contributed by atoms with E-state index < -0.39 is 11.8 Å². The van der Waals surface area contributed by atoms with Crippen molar-refractivity contribution in [3.8, 4) is 11.5 Å². The van der Waals surface area contributed by atoms with Crippen LogP contribution in [0.5, 0.6) is 11.5 Å². The molecule has 160 valence electrons. The molecule has 2 aromatic rings. The summed E-state index contributed by atoms with van der Waals surface area (Å²) in [7, 11) is 1.47. The molecule has 0 saturated heterocycles. The van der Waals surface area contributed by atoms with Gasteiger partial charge in [0.25, 0.3) is 11.8 Å². The predicted octanol–water partition coefficient (Wildman–Crippen LogP) is 3.83. The summed E-state index contributed by atoms with van der Waals surface area (Å²) in [6.07, 6.45) is 0.959. The number of halogens is 1. The van der Waals surface area contributed by atoms with Crippen LogP contribution in [0.2, 0.25) is 0 Å². The van der Waals surface area contributed by atoms with Crippen LogP contribution in [0, 0.1) is 5.92 Å². The number of amides is 2. The summed E-state index contributed by atoms with van der Waals surface area (Å²) in [5, 5.41) is 2.44. The maximum Gasteiger partial charge on any atom is 0.269 e. The number of carbonyl (C=O) groups is 2. The fourth-order valence-electron chi connectivity index (χ4n) is 2.36. The van der Waals surface area contributed by atoms with Gasteiger partial charge in [-0.05, 0) is 67.0 Å². The fraction of sp³-hybridized carbons (Fsp3) is 0.286. The van der Waals surface area contributed by atoms with Gasteiger partial charge in [0, 0.05) is 10.0 Å². The Morgan fingerprint density at radius 1 is 1.07 bits per heavy atom. The molecule has 0 heterocycles. The molecule has 0 aliphatic carbocycles. The maximum atomic E-state index is 12.4. The molecular formula is C21H24BrN3O4S. The Kier molecular flexibility index (Phi) is 9.07. The number of hydrogen-bond donors (Lipinski definition) is 3. The van der Waals surface area contributed by atoms with E-state index in [9.17, 15) is 9.59 Å². The zero-order valence-electron chi connectivity index (χ0n) is 17.0. The van der Waals surface area contributed by atoms with Crippen molar-refractivity contribution in [1.82, 2.24) is 16.2 Å². The van der Waals surface area contributed by atoms with Crippen molar-refractivity contribution in [2.24, 2.45) is 5.92 Å². The van der Waals surface area contributed by atoms with E-state index in [1.165, 1.54) is 7.11 Å². The van der Waals surface area contributed by atoms with Gasteiger partial charge in [-0.1, -0.05) is 29.8 Å². The second kappa shape index (κ2) is 11.5. The zero-order chi connectivity index (χ0) is 22.1. The monoisotopic (exact) mass is 493 g/mol.